The van der Waals surface area contributed by atoms with Crippen LogP contribution in [0.2, 0.25) is 0 Å². The van der Waals surface area contributed by atoms with Crippen LogP contribution in [0.4, 0.5) is 0 Å². The molecule has 1 N–H and O–H groups in total. The minimum Gasteiger partial charge on any atom is -0.329 e. The fraction of sp³-hybridized carbons (Fsp3) is 0.333. The molecule has 3 rings (SSSR count). The molecular weight excluding hydrogens is 262 g/mol. The number of imidazole rings is 1. The molecule has 1 fully saturated rings. The topological polar surface area (TPSA) is 33.6 Å². The maximum absolute atomic E-state index is 5.26. The number of halogens is 1. The number of nitrogens with zero attached hydrogens (tertiary/aromatic N) is 2. The highest BCUT2D eigenvalue weighted by molar-refractivity contribution is 9.10. The van der Waals surface area contributed by atoms with Crippen LogP contribution in [0.3, 0.4) is 0 Å². The van der Waals surface area contributed by atoms with Crippen molar-refractivity contribution in [2.45, 2.75) is 18.9 Å². The summed E-state index contributed by atoms with van der Waals surface area (Å²) in [5.41, 5.74) is 1.98. The molecule has 0 atom stereocenters. The van der Waals surface area contributed by atoms with Crippen molar-refractivity contribution in [3.05, 3.63) is 21.5 Å². The molecule has 2 aromatic heterocycles. The molecule has 72 valence electrons. The molecule has 0 radical (unpaired) electrons. The molecule has 2 heterocycles. The molecule has 0 unspecified atom stereocenters. The van der Waals surface area contributed by atoms with E-state index in [0.717, 1.165) is 20.5 Å². The van der Waals surface area contributed by atoms with E-state index in [0.29, 0.717) is 6.04 Å². The standard InChI is InChI=1S/C9H8BrN3S/c10-7-4-3-6-8(12-7)13(5-1-2-5)9(14)11-6/h3-5H,1-2H2,(H,11,14). The second-order valence-electron chi connectivity index (χ2n) is 3.54. The van der Waals surface area contributed by atoms with E-state index in [-0.39, 0.29) is 0 Å². The largest absolute Gasteiger partial charge is 0.329 e. The highest BCUT2D eigenvalue weighted by atomic mass is 79.9. The van der Waals surface area contributed by atoms with Crippen LogP contribution in [0.15, 0.2) is 16.7 Å². The van der Waals surface area contributed by atoms with Gasteiger partial charge in [0.1, 0.15) is 4.60 Å². The predicted molar refractivity (Wildman–Crippen MR) is 60.9 cm³/mol. The first-order valence-corrected chi connectivity index (χ1v) is 5.72. The van der Waals surface area contributed by atoms with Crippen LogP contribution in [0.1, 0.15) is 18.9 Å². The summed E-state index contributed by atoms with van der Waals surface area (Å²) in [6.07, 6.45) is 2.44. The minimum absolute atomic E-state index is 0.568. The summed E-state index contributed by atoms with van der Waals surface area (Å²) in [4.78, 5) is 7.61. The molecule has 3 nitrogen and oxygen atoms in total. The second kappa shape index (κ2) is 2.90. The van der Waals surface area contributed by atoms with E-state index in [1.807, 2.05) is 12.1 Å². The van der Waals surface area contributed by atoms with Crippen molar-refractivity contribution in [3.63, 3.8) is 0 Å². The molecule has 0 amide bonds. The van der Waals surface area contributed by atoms with Crippen LogP contribution in [-0.4, -0.2) is 14.5 Å². The molecule has 1 aliphatic rings. The number of pyridine rings is 1. The third-order valence-electron chi connectivity index (χ3n) is 2.44. The van der Waals surface area contributed by atoms with Crippen LogP contribution in [0, 0.1) is 4.77 Å². The molecule has 5 heteroatoms. The Balaban J connectivity index is 2.39. The number of rotatable bonds is 1. The Morgan fingerprint density at radius 2 is 2.29 bits per heavy atom. The first kappa shape index (κ1) is 8.61. The van der Waals surface area contributed by atoms with Crippen LogP contribution in [0.25, 0.3) is 11.2 Å². The first-order valence-electron chi connectivity index (χ1n) is 4.52. The van der Waals surface area contributed by atoms with Gasteiger partial charge >= 0.3 is 0 Å². The van der Waals surface area contributed by atoms with Crippen LogP contribution >= 0.6 is 28.1 Å². The number of H-pyrrole nitrogens is 1. The fourth-order valence-electron chi connectivity index (χ4n) is 1.65. The Hall–Kier alpha value is -0.680. The van der Waals surface area contributed by atoms with Crippen molar-refractivity contribution < 1.29 is 0 Å². The van der Waals surface area contributed by atoms with Crippen molar-refractivity contribution >= 4 is 39.3 Å². The number of fused-ring (bicyclic) bond motifs is 1. The van der Waals surface area contributed by atoms with Gasteiger partial charge in [0, 0.05) is 6.04 Å². The predicted octanol–water partition coefficient (Wildman–Crippen LogP) is 3.19. The lowest BCUT2D eigenvalue weighted by Crippen LogP contribution is -1.94. The summed E-state index contributed by atoms with van der Waals surface area (Å²) >= 11 is 8.64. The van der Waals surface area contributed by atoms with Crippen LogP contribution in [-0.2, 0) is 0 Å². The van der Waals surface area contributed by atoms with Crippen molar-refractivity contribution in [2.75, 3.05) is 0 Å². The zero-order chi connectivity index (χ0) is 9.71. The normalized spacial score (nSPS) is 16.4. The van der Waals surface area contributed by atoms with Gasteiger partial charge in [-0.25, -0.2) is 4.98 Å². The average molecular weight is 270 g/mol. The Bertz CT molecular complexity index is 553. The van der Waals surface area contributed by atoms with Crippen molar-refractivity contribution in [2.24, 2.45) is 0 Å². The van der Waals surface area contributed by atoms with Gasteiger partial charge in [-0.1, -0.05) is 0 Å². The summed E-state index contributed by atoms with van der Waals surface area (Å²) in [6, 6.07) is 4.49. The monoisotopic (exact) mass is 269 g/mol. The number of nitrogens with one attached hydrogen (secondary N) is 1. The van der Waals surface area contributed by atoms with E-state index >= 15 is 0 Å². The summed E-state index contributed by atoms with van der Waals surface area (Å²) < 4.78 is 3.76. The van der Waals surface area contributed by atoms with Gasteiger partial charge in [-0.15, -0.1) is 0 Å². The molecule has 1 saturated carbocycles. The lowest BCUT2D eigenvalue weighted by Gasteiger charge is -1.99. The van der Waals surface area contributed by atoms with Crippen molar-refractivity contribution in [1.82, 2.24) is 14.5 Å². The maximum atomic E-state index is 5.26. The number of aromatic nitrogens is 3. The molecule has 0 saturated heterocycles. The Labute approximate surface area is 94.3 Å². The average Bonchev–Trinajstić information content (AvgIpc) is 2.90. The van der Waals surface area contributed by atoms with Crippen LogP contribution in [0.5, 0.6) is 0 Å². The minimum atomic E-state index is 0.568. The van der Waals surface area contributed by atoms with Gasteiger partial charge in [-0.2, -0.15) is 0 Å². The molecule has 0 bridgehead atoms. The SMILES string of the molecule is S=c1[nH]c2ccc(Br)nc2n1C1CC1. The highest BCUT2D eigenvalue weighted by Crippen LogP contribution is 2.37. The Kier molecular flexibility index (Phi) is 1.79. The van der Waals surface area contributed by atoms with Gasteiger partial charge in [-0.05, 0) is 53.1 Å². The zero-order valence-electron chi connectivity index (χ0n) is 7.33. The molecular formula is C9H8BrN3S. The molecule has 2 aromatic rings. The van der Waals surface area contributed by atoms with Crippen molar-refractivity contribution in [1.29, 1.82) is 0 Å². The van der Waals surface area contributed by atoms with Gasteiger partial charge in [0.15, 0.2) is 10.4 Å². The highest BCUT2D eigenvalue weighted by Gasteiger charge is 2.26. The van der Waals surface area contributed by atoms with E-state index in [2.05, 4.69) is 30.5 Å². The number of hydrogen-bond acceptors (Lipinski definition) is 2. The lowest BCUT2D eigenvalue weighted by molar-refractivity contribution is 0.745. The third kappa shape index (κ3) is 1.23. The Morgan fingerprint density at radius 1 is 1.50 bits per heavy atom. The van der Waals surface area contributed by atoms with E-state index in [4.69, 9.17) is 12.2 Å². The Morgan fingerprint density at radius 3 is 3.00 bits per heavy atom. The molecule has 0 aliphatic heterocycles. The second-order valence-corrected chi connectivity index (χ2v) is 4.74. The van der Waals surface area contributed by atoms with Crippen molar-refractivity contribution in [3.8, 4) is 0 Å². The first-order chi connectivity index (χ1) is 6.75. The summed E-state index contributed by atoms with van der Waals surface area (Å²) in [5, 5.41) is 0. The smallest absolute Gasteiger partial charge is 0.179 e. The molecule has 0 aromatic carbocycles. The van der Waals surface area contributed by atoms with Gasteiger partial charge in [0.05, 0.1) is 5.52 Å². The number of aromatic amines is 1. The van der Waals surface area contributed by atoms with Crippen LogP contribution < -0.4 is 0 Å². The van der Waals surface area contributed by atoms with E-state index < -0.39 is 0 Å². The van der Waals surface area contributed by atoms with E-state index in [9.17, 15) is 0 Å². The van der Waals surface area contributed by atoms with E-state index in [1.54, 1.807) is 0 Å². The van der Waals surface area contributed by atoms with E-state index in [1.165, 1.54) is 12.8 Å². The fourth-order valence-corrected chi connectivity index (χ4v) is 2.30. The molecule has 14 heavy (non-hydrogen) atoms. The summed E-state index contributed by atoms with van der Waals surface area (Å²) in [6.45, 7) is 0. The quantitative estimate of drug-likeness (QED) is 0.637. The zero-order valence-corrected chi connectivity index (χ0v) is 9.73. The number of hydrogen-bond donors (Lipinski definition) is 1. The maximum Gasteiger partial charge on any atom is 0.179 e. The molecule has 0 spiro atoms. The van der Waals surface area contributed by atoms with Gasteiger partial charge in [0.2, 0.25) is 0 Å². The molecule has 1 aliphatic carbocycles. The lowest BCUT2D eigenvalue weighted by atomic mass is 10.4. The van der Waals surface area contributed by atoms with Gasteiger partial charge in [-0.3, -0.25) is 4.57 Å². The third-order valence-corrected chi connectivity index (χ3v) is 3.18. The summed E-state index contributed by atoms with van der Waals surface area (Å²) in [5.74, 6) is 0. The van der Waals surface area contributed by atoms with Gasteiger partial charge in [0.25, 0.3) is 0 Å². The van der Waals surface area contributed by atoms with Gasteiger partial charge < -0.3 is 4.98 Å². The summed E-state index contributed by atoms with van der Waals surface area (Å²) in [7, 11) is 0.